The average molecular weight is 665 g/mol. The Labute approximate surface area is 301 Å². The first-order valence-corrected chi connectivity index (χ1v) is 17.6. The molecule has 0 bridgehead atoms. The lowest BCUT2D eigenvalue weighted by Crippen LogP contribution is -2.10. The van der Waals surface area contributed by atoms with Gasteiger partial charge < -0.3 is 9.47 Å². The smallest absolute Gasteiger partial charge is 0.0979 e. The van der Waals surface area contributed by atoms with Gasteiger partial charge >= 0.3 is 0 Å². The standard InChI is InChI=1S/C48H32N4/c1-3-15-33(16-4-1)47-48(50-43-25-10-9-24-42(43)49-47)41-23-13-22-38-37(41)21-14-28-44(38)51(34-17-5-2-6-18-34)35-29-31-36(32-30-35)52-45-26-11-7-19-39(45)40-20-8-12-27-46(40)52/h1-32H. The lowest BCUT2D eigenvalue weighted by Gasteiger charge is -2.27. The van der Waals surface area contributed by atoms with E-state index in [0.29, 0.717) is 0 Å². The number of benzene rings is 8. The second-order valence-corrected chi connectivity index (χ2v) is 13.0. The second-order valence-electron chi connectivity index (χ2n) is 13.0. The largest absolute Gasteiger partial charge is 0.310 e. The summed E-state index contributed by atoms with van der Waals surface area (Å²) in [5, 5.41) is 4.76. The predicted molar refractivity (Wildman–Crippen MR) is 217 cm³/mol. The Hall–Kier alpha value is -7.04. The van der Waals surface area contributed by atoms with Crippen LogP contribution in [-0.4, -0.2) is 14.5 Å². The van der Waals surface area contributed by atoms with Crippen LogP contribution >= 0.6 is 0 Å². The molecule has 0 saturated carbocycles. The van der Waals surface area contributed by atoms with Crippen molar-refractivity contribution in [1.82, 2.24) is 14.5 Å². The van der Waals surface area contributed by atoms with Crippen molar-refractivity contribution < 1.29 is 0 Å². The molecule has 0 aliphatic heterocycles. The zero-order valence-electron chi connectivity index (χ0n) is 28.3. The molecule has 0 N–H and O–H groups in total. The molecule has 52 heavy (non-hydrogen) atoms. The summed E-state index contributed by atoms with van der Waals surface area (Å²) in [6, 6.07) is 68.4. The molecule has 0 unspecified atom stereocenters. The lowest BCUT2D eigenvalue weighted by molar-refractivity contribution is 1.17. The molecule has 4 nitrogen and oxygen atoms in total. The van der Waals surface area contributed by atoms with Crippen molar-refractivity contribution in [2.75, 3.05) is 4.90 Å². The summed E-state index contributed by atoms with van der Waals surface area (Å²) in [7, 11) is 0. The van der Waals surface area contributed by atoms with Crippen molar-refractivity contribution in [2.45, 2.75) is 0 Å². The van der Waals surface area contributed by atoms with Crippen LogP contribution in [0.15, 0.2) is 194 Å². The third kappa shape index (κ3) is 4.92. The van der Waals surface area contributed by atoms with Crippen molar-refractivity contribution in [3.63, 3.8) is 0 Å². The van der Waals surface area contributed by atoms with E-state index in [1.54, 1.807) is 0 Å². The third-order valence-electron chi connectivity index (χ3n) is 9.97. The molecule has 2 aromatic heterocycles. The molecule has 10 aromatic rings. The van der Waals surface area contributed by atoms with Gasteiger partial charge in [-0.2, -0.15) is 0 Å². The van der Waals surface area contributed by atoms with E-state index >= 15 is 0 Å². The highest BCUT2D eigenvalue weighted by molar-refractivity contribution is 6.10. The summed E-state index contributed by atoms with van der Waals surface area (Å²) in [5.41, 5.74) is 12.4. The van der Waals surface area contributed by atoms with E-state index in [0.717, 1.165) is 67.1 Å². The van der Waals surface area contributed by atoms with Gasteiger partial charge in [0.2, 0.25) is 0 Å². The van der Waals surface area contributed by atoms with Crippen LogP contribution < -0.4 is 4.90 Å². The number of rotatable bonds is 6. The molecule has 0 radical (unpaired) electrons. The highest BCUT2D eigenvalue weighted by atomic mass is 15.1. The molecular formula is C48H32N4. The Bertz CT molecular complexity index is 2840. The summed E-state index contributed by atoms with van der Waals surface area (Å²) < 4.78 is 2.36. The summed E-state index contributed by atoms with van der Waals surface area (Å²) in [4.78, 5) is 12.8. The Morgan fingerprint density at radius 3 is 1.58 bits per heavy atom. The molecule has 8 aromatic carbocycles. The highest BCUT2D eigenvalue weighted by Crippen LogP contribution is 2.43. The maximum Gasteiger partial charge on any atom is 0.0979 e. The first-order valence-electron chi connectivity index (χ1n) is 17.6. The van der Waals surface area contributed by atoms with Crippen molar-refractivity contribution in [1.29, 1.82) is 0 Å². The highest BCUT2D eigenvalue weighted by Gasteiger charge is 2.20. The van der Waals surface area contributed by atoms with Crippen molar-refractivity contribution >= 4 is 60.7 Å². The molecule has 0 saturated heterocycles. The Morgan fingerprint density at radius 1 is 0.365 bits per heavy atom. The first kappa shape index (κ1) is 29.8. The molecule has 0 spiro atoms. The zero-order chi connectivity index (χ0) is 34.4. The fraction of sp³-hybridized carbons (Fsp3) is 0. The van der Waals surface area contributed by atoms with Crippen LogP contribution in [0.25, 0.3) is 71.8 Å². The van der Waals surface area contributed by atoms with Gasteiger partial charge in [0, 0.05) is 44.3 Å². The van der Waals surface area contributed by atoms with Crippen LogP contribution in [0.2, 0.25) is 0 Å². The minimum Gasteiger partial charge on any atom is -0.310 e. The average Bonchev–Trinajstić information content (AvgIpc) is 3.56. The van der Waals surface area contributed by atoms with Crippen LogP contribution in [0.4, 0.5) is 17.1 Å². The van der Waals surface area contributed by atoms with Crippen molar-refractivity contribution in [2.24, 2.45) is 0 Å². The molecule has 2 heterocycles. The topological polar surface area (TPSA) is 34.0 Å². The quantitative estimate of drug-likeness (QED) is 0.177. The van der Waals surface area contributed by atoms with Crippen LogP contribution in [0.1, 0.15) is 0 Å². The summed E-state index contributed by atoms with van der Waals surface area (Å²) >= 11 is 0. The Morgan fingerprint density at radius 2 is 0.885 bits per heavy atom. The fourth-order valence-corrected chi connectivity index (χ4v) is 7.64. The third-order valence-corrected chi connectivity index (χ3v) is 9.97. The summed E-state index contributed by atoms with van der Waals surface area (Å²) in [6.45, 7) is 0. The van der Waals surface area contributed by atoms with E-state index in [1.165, 1.54) is 21.8 Å². The zero-order valence-corrected chi connectivity index (χ0v) is 28.3. The Balaban J connectivity index is 1.15. The van der Waals surface area contributed by atoms with E-state index in [2.05, 4.69) is 173 Å². The van der Waals surface area contributed by atoms with E-state index < -0.39 is 0 Å². The van der Waals surface area contributed by atoms with Gasteiger partial charge in [-0.3, -0.25) is 0 Å². The van der Waals surface area contributed by atoms with Gasteiger partial charge in [0.25, 0.3) is 0 Å². The number of anilines is 3. The number of aromatic nitrogens is 3. The second kappa shape index (κ2) is 12.4. The van der Waals surface area contributed by atoms with Gasteiger partial charge in [0.15, 0.2) is 0 Å². The summed E-state index contributed by atoms with van der Waals surface area (Å²) in [5.74, 6) is 0. The number of nitrogens with zero attached hydrogens (tertiary/aromatic N) is 4. The van der Waals surface area contributed by atoms with Crippen LogP contribution in [0, 0.1) is 0 Å². The van der Waals surface area contributed by atoms with Gasteiger partial charge in [0.05, 0.1) is 39.1 Å². The minimum atomic E-state index is 0.870. The van der Waals surface area contributed by atoms with Crippen molar-refractivity contribution in [3.8, 4) is 28.2 Å². The SMILES string of the molecule is c1ccc(-c2nc3ccccc3nc2-c2cccc3c(N(c4ccccc4)c4ccc(-n5c6ccccc6c6ccccc65)cc4)cccc23)cc1. The van der Waals surface area contributed by atoms with Crippen LogP contribution in [-0.2, 0) is 0 Å². The molecule has 0 amide bonds. The first-order chi connectivity index (χ1) is 25.8. The molecule has 0 aliphatic rings. The van der Waals surface area contributed by atoms with Gasteiger partial charge in [-0.25, -0.2) is 9.97 Å². The van der Waals surface area contributed by atoms with Gasteiger partial charge in [-0.05, 0) is 72.1 Å². The van der Waals surface area contributed by atoms with E-state index in [1.807, 2.05) is 30.3 Å². The lowest BCUT2D eigenvalue weighted by atomic mass is 9.96. The number of fused-ring (bicyclic) bond motifs is 5. The van der Waals surface area contributed by atoms with Gasteiger partial charge in [-0.15, -0.1) is 0 Å². The summed E-state index contributed by atoms with van der Waals surface area (Å²) in [6.07, 6.45) is 0. The van der Waals surface area contributed by atoms with E-state index in [9.17, 15) is 0 Å². The predicted octanol–water partition coefficient (Wildman–Crippen LogP) is 12.7. The minimum absolute atomic E-state index is 0.870. The normalized spacial score (nSPS) is 11.5. The molecule has 0 fully saturated rings. The van der Waals surface area contributed by atoms with Crippen molar-refractivity contribution in [3.05, 3.63) is 194 Å². The maximum atomic E-state index is 5.26. The van der Waals surface area contributed by atoms with Crippen LogP contribution in [0.3, 0.4) is 0 Å². The monoisotopic (exact) mass is 664 g/mol. The van der Waals surface area contributed by atoms with E-state index in [4.69, 9.17) is 9.97 Å². The van der Waals surface area contributed by atoms with Gasteiger partial charge in [-0.1, -0.05) is 127 Å². The van der Waals surface area contributed by atoms with Crippen LogP contribution in [0.5, 0.6) is 0 Å². The number of hydrogen-bond donors (Lipinski definition) is 0. The molecular weight excluding hydrogens is 633 g/mol. The maximum absolute atomic E-state index is 5.26. The van der Waals surface area contributed by atoms with E-state index in [-0.39, 0.29) is 0 Å². The van der Waals surface area contributed by atoms with Gasteiger partial charge in [0.1, 0.15) is 0 Å². The fourth-order valence-electron chi connectivity index (χ4n) is 7.64. The molecule has 0 atom stereocenters. The molecule has 244 valence electrons. The molecule has 0 aliphatic carbocycles. The Kier molecular flexibility index (Phi) is 7.10. The molecule has 4 heteroatoms. The molecule has 10 rings (SSSR count). The number of para-hydroxylation sites is 5. The number of hydrogen-bond acceptors (Lipinski definition) is 3.